The van der Waals surface area contributed by atoms with Crippen molar-refractivity contribution in [2.45, 2.75) is 44.2 Å². The van der Waals surface area contributed by atoms with Crippen molar-refractivity contribution in [3.05, 3.63) is 28.3 Å². The van der Waals surface area contributed by atoms with Gasteiger partial charge in [0, 0.05) is 18.4 Å². The zero-order valence-electron chi connectivity index (χ0n) is 13.5. The first-order chi connectivity index (χ1) is 10.6. The first-order valence-electron chi connectivity index (χ1n) is 7.11. The molecule has 9 heteroatoms. The number of amides is 1. The Hall–Kier alpha value is -2.16. The topological polar surface area (TPSA) is 118 Å². The normalized spacial score (nSPS) is 13.9. The third-order valence-electron chi connectivity index (χ3n) is 3.36. The second-order valence-corrected chi connectivity index (χ2v) is 7.41. The van der Waals surface area contributed by atoms with Crippen molar-refractivity contribution in [2.75, 3.05) is 11.6 Å². The Morgan fingerprint density at radius 1 is 1.35 bits per heavy atom. The van der Waals surface area contributed by atoms with Gasteiger partial charge in [-0.3, -0.25) is 14.9 Å². The van der Waals surface area contributed by atoms with E-state index in [0.29, 0.717) is 0 Å². The van der Waals surface area contributed by atoms with E-state index in [0.717, 1.165) is 18.7 Å². The summed E-state index contributed by atoms with van der Waals surface area (Å²) in [6, 6.07) is 2.84. The lowest BCUT2D eigenvalue weighted by molar-refractivity contribution is -0.384. The van der Waals surface area contributed by atoms with E-state index in [-0.39, 0.29) is 22.5 Å². The number of hydrogen-bond donors (Lipinski definition) is 2. The molecule has 2 N–H and O–H groups in total. The van der Waals surface area contributed by atoms with Gasteiger partial charge in [-0.1, -0.05) is 6.92 Å². The van der Waals surface area contributed by atoms with Gasteiger partial charge in [0.05, 0.1) is 9.82 Å². The number of sulfone groups is 1. The van der Waals surface area contributed by atoms with E-state index in [2.05, 4.69) is 10.6 Å². The van der Waals surface area contributed by atoms with E-state index < -0.39 is 26.5 Å². The summed E-state index contributed by atoms with van der Waals surface area (Å²) in [5, 5.41) is 16.7. The Balaban J connectivity index is 3.04. The van der Waals surface area contributed by atoms with Crippen molar-refractivity contribution in [3.63, 3.8) is 0 Å². The van der Waals surface area contributed by atoms with Crippen LogP contribution in [-0.4, -0.2) is 37.6 Å². The molecule has 0 radical (unpaired) electrons. The highest BCUT2D eigenvalue weighted by Crippen LogP contribution is 2.28. The van der Waals surface area contributed by atoms with Gasteiger partial charge in [-0.2, -0.15) is 0 Å². The molecule has 1 amide bonds. The number of carbonyl (C=O) groups excluding carboxylic acids is 1. The number of nitrogens with zero attached hydrogens (tertiary/aromatic N) is 1. The molecule has 1 rings (SSSR count). The lowest BCUT2D eigenvalue weighted by Gasteiger charge is -2.18. The number of nitro benzene ring substituents is 1. The summed E-state index contributed by atoms with van der Waals surface area (Å²) in [6.45, 7) is 5.36. The number of anilines is 1. The molecule has 0 aliphatic carbocycles. The molecule has 8 nitrogen and oxygen atoms in total. The summed E-state index contributed by atoms with van der Waals surface area (Å²) in [5.41, 5.74) is -0.301. The Morgan fingerprint density at radius 3 is 2.43 bits per heavy atom. The maximum Gasteiger partial charge on any atom is 0.293 e. The minimum absolute atomic E-state index is 0.00524. The maximum absolute atomic E-state index is 12.0. The largest absolute Gasteiger partial charge is 0.368 e. The highest BCUT2D eigenvalue weighted by atomic mass is 32.2. The standard InChI is InChI=1S/C14H21N3O5S/c1-5-9(2)15-14(18)10(3)16-12-7-6-11(23(4,21)22)8-13(12)17(19)20/h6-10,16H,5H2,1-4H3,(H,15,18). The first-order valence-corrected chi connectivity index (χ1v) is 9.00. The Bertz CT molecular complexity index is 702. The van der Waals surface area contributed by atoms with Crippen molar-refractivity contribution >= 4 is 27.1 Å². The molecule has 23 heavy (non-hydrogen) atoms. The van der Waals surface area contributed by atoms with Gasteiger partial charge < -0.3 is 10.6 Å². The van der Waals surface area contributed by atoms with E-state index in [9.17, 15) is 23.3 Å². The molecule has 2 unspecified atom stereocenters. The molecular weight excluding hydrogens is 322 g/mol. The summed E-state index contributed by atoms with van der Waals surface area (Å²) in [7, 11) is -3.55. The third kappa shape index (κ3) is 5.20. The smallest absolute Gasteiger partial charge is 0.293 e. The third-order valence-corrected chi connectivity index (χ3v) is 4.47. The van der Waals surface area contributed by atoms with Crippen LogP contribution in [-0.2, 0) is 14.6 Å². The molecule has 128 valence electrons. The van der Waals surface area contributed by atoms with Crippen LogP contribution in [0.25, 0.3) is 0 Å². The highest BCUT2D eigenvalue weighted by molar-refractivity contribution is 7.90. The Kier molecular flexibility index (Phi) is 6.08. The van der Waals surface area contributed by atoms with Crippen LogP contribution in [0.4, 0.5) is 11.4 Å². The lowest BCUT2D eigenvalue weighted by Crippen LogP contribution is -2.41. The average Bonchev–Trinajstić information content (AvgIpc) is 2.45. The van der Waals surface area contributed by atoms with Gasteiger partial charge in [0.15, 0.2) is 9.84 Å². The van der Waals surface area contributed by atoms with E-state index in [4.69, 9.17) is 0 Å². The number of nitrogens with one attached hydrogen (secondary N) is 2. The van der Waals surface area contributed by atoms with Gasteiger partial charge in [0.2, 0.25) is 5.91 Å². The summed E-state index contributed by atoms with van der Waals surface area (Å²) >= 11 is 0. The van der Waals surface area contributed by atoms with Crippen molar-refractivity contribution in [1.82, 2.24) is 5.32 Å². The van der Waals surface area contributed by atoms with Crippen LogP contribution < -0.4 is 10.6 Å². The first kappa shape index (κ1) is 18.9. The number of benzene rings is 1. The SMILES string of the molecule is CCC(C)NC(=O)C(C)Nc1ccc(S(C)(=O)=O)cc1[N+](=O)[O-]. The van der Waals surface area contributed by atoms with Crippen LogP contribution in [0.5, 0.6) is 0 Å². The molecule has 0 aliphatic heterocycles. The quantitative estimate of drug-likeness (QED) is 0.575. The molecule has 0 aromatic heterocycles. The average molecular weight is 343 g/mol. The molecule has 0 bridgehead atoms. The molecule has 1 aromatic rings. The number of hydrogen-bond acceptors (Lipinski definition) is 6. The van der Waals surface area contributed by atoms with Crippen LogP contribution in [0.2, 0.25) is 0 Å². The summed E-state index contributed by atoms with van der Waals surface area (Å²) in [6.07, 6.45) is 1.74. The van der Waals surface area contributed by atoms with Crippen molar-refractivity contribution < 1.29 is 18.1 Å². The van der Waals surface area contributed by atoms with Gasteiger partial charge in [0.25, 0.3) is 5.69 Å². The van der Waals surface area contributed by atoms with Crippen molar-refractivity contribution in [2.24, 2.45) is 0 Å². The van der Waals surface area contributed by atoms with E-state index in [1.807, 2.05) is 13.8 Å². The Labute approximate surface area is 135 Å². The van der Waals surface area contributed by atoms with E-state index in [1.165, 1.54) is 12.1 Å². The molecular formula is C14H21N3O5S. The Morgan fingerprint density at radius 2 is 1.96 bits per heavy atom. The van der Waals surface area contributed by atoms with E-state index >= 15 is 0 Å². The summed E-state index contributed by atoms with van der Waals surface area (Å²) in [4.78, 5) is 22.3. The van der Waals surface area contributed by atoms with Crippen molar-refractivity contribution in [1.29, 1.82) is 0 Å². The minimum atomic E-state index is -3.55. The molecule has 1 aromatic carbocycles. The molecule has 0 aliphatic rings. The minimum Gasteiger partial charge on any atom is -0.368 e. The van der Waals surface area contributed by atoms with Crippen LogP contribution in [0.3, 0.4) is 0 Å². The van der Waals surface area contributed by atoms with Crippen LogP contribution >= 0.6 is 0 Å². The number of rotatable bonds is 7. The zero-order chi connectivity index (χ0) is 17.8. The number of carbonyl (C=O) groups is 1. The monoisotopic (exact) mass is 343 g/mol. The second kappa shape index (κ2) is 7.40. The predicted octanol–water partition coefficient (Wildman–Crippen LogP) is 1.71. The van der Waals surface area contributed by atoms with Crippen LogP contribution in [0, 0.1) is 10.1 Å². The van der Waals surface area contributed by atoms with Crippen molar-refractivity contribution in [3.8, 4) is 0 Å². The van der Waals surface area contributed by atoms with Gasteiger partial charge >= 0.3 is 0 Å². The second-order valence-electron chi connectivity index (χ2n) is 5.39. The molecule has 0 saturated carbocycles. The zero-order valence-corrected chi connectivity index (χ0v) is 14.3. The fourth-order valence-corrected chi connectivity index (χ4v) is 2.42. The maximum atomic E-state index is 12.0. The molecule has 0 fully saturated rings. The fraction of sp³-hybridized carbons (Fsp3) is 0.500. The van der Waals surface area contributed by atoms with Gasteiger partial charge in [-0.05, 0) is 32.4 Å². The fourth-order valence-electron chi connectivity index (χ4n) is 1.78. The lowest BCUT2D eigenvalue weighted by atomic mass is 10.2. The summed E-state index contributed by atoms with van der Waals surface area (Å²) < 4.78 is 23.0. The molecule has 2 atom stereocenters. The molecule has 0 heterocycles. The highest BCUT2D eigenvalue weighted by Gasteiger charge is 2.22. The van der Waals surface area contributed by atoms with Gasteiger partial charge in [-0.25, -0.2) is 8.42 Å². The van der Waals surface area contributed by atoms with Crippen LogP contribution in [0.1, 0.15) is 27.2 Å². The molecule has 0 saturated heterocycles. The molecule has 0 spiro atoms. The van der Waals surface area contributed by atoms with Gasteiger partial charge in [-0.15, -0.1) is 0 Å². The van der Waals surface area contributed by atoms with Crippen LogP contribution in [0.15, 0.2) is 23.1 Å². The summed E-state index contributed by atoms with van der Waals surface area (Å²) in [5.74, 6) is -0.291. The van der Waals surface area contributed by atoms with E-state index in [1.54, 1.807) is 6.92 Å². The predicted molar refractivity (Wildman–Crippen MR) is 87.2 cm³/mol. The number of nitro groups is 1. The van der Waals surface area contributed by atoms with Gasteiger partial charge in [0.1, 0.15) is 11.7 Å².